The molecule has 1 heterocycles. The van der Waals surface area contributed by atoms with Crippen molar-refractivity contribution in [3.63, 3.8) is 0 Å². The van der Waals surface area contributed by atoms with Crippen LogP contribution in [0.5, 0.6) is 5.75 Å². The Morgan fingerprint density at radius 2 is 1.72 bits per heavy atom. The van der Waals surface area contributed by atoms with Crippen molar-refractivity contribution < 1.29 is 14.3 Å². The van der Waals surface area contributed by atoms with Gasteiger partial charge in [0.1, 0.15) is 5.75 Å². The van der Waals surface area contributed by atoms with E-state index in [1.165, 1.54) is 19.5 Å². The van der Waals surface area contributed by atoms with Gasteiger partial charge in [-0.15, -0.1) is 0 Å². The summed E-state index contributed by atoms with van der Waals surface area (Å²) in [5.41, 5.74) is 0.762. The number of rotatable bonds is 4. The number of carbonyl (C=O) groups excluding carboxylic acids is 1. The Morgan fingerprint density at radius 3 is 2.36 bits per heavy atom. The lowest BCUT2D eigenvalue weighted by Crippen LogP contribution is -2.19. The molecule has 25 heavy (non-hydrogen) atoms. The first-order valence-corrected chi connectivity index (χ1v) is 7.55. The normalized spacial score (nSPS) is 11.0. The van der Waals surface area contributed by atoms with Crippen LogP contribution in [0.25, 0.3) is 10.8 Å². The van der Waals surface area contributed by atoms with Crippen molar-refractivity contribution in [2.75, 3.05) is 14.2 Å². The maximum atomic E-state index is 12.6. The van der Waals surface area contributed by atoms with E-state index in [2.05, 4.69) is 5.10 Å². The Labute approximate surface area is 143 Å². The molecule has 0 saturated carbocycles. The molecule has 0 saturated heterocycles. The van der Waals surface area contributed by atoms with E-state index >= 15 is 0 Å². The number of carbonyl (C=O) groups is 1. The Kier molecular flexibility index (Phi) is 4.61. The average molecular weight is 336 g/mol. The van der Waals surface area contributed by atoms with E-state index in [1.807, 2.05) is 12.1 Å². The fraction of sp³-hybridized carbons (Fsp3) is 0.105. The number of benzene rings is 2. The maximum absolute atomic E-state index is 12.6. The molecular weight excluding hydrogens is 320 g/mol. The molecule has 0 spiro atoms. The third kappa shape index (κ3) is 3.28. The lowest BCUT2D eigenvalue weighted by Gasteiger charge is -2.07. The van der Waals surface area contributed by atoms with Gasteiger partial charge in [-0.05, 0) is 35.9 Å². The molecule has 0 unspecified atom stereocenters. The van der Waals surface area contributed by atoms with Gasteiger partial charge in [-0.2, -0.15) is 5.10 Å². The summed E-state index contributed by atoms with van der Waals surface area (Å²) >= 11 is 0. The zero-order chi connectivity index (χ0) is 17.8. The van der Waals surface area contributed by atoms with E-state index in [-0.39, 0.29) is 11.1 Å². The molecule has 0 aliphatic heterocycles. The van der Waals surface area contributed by atoms with Gasteiger partial charge < -0.3 is 9.47 Å². The van der Waals surface area contributed by atoms with Crippen molar-refractivity contribution in [1.29, 1.82) is 0 Å². The van der Waals surface area contributed by atoms with Crippen LogP contribution in [0.4, 0.5) is 0 Å². The van der Waals surface area contributed by atoms with Gasteiger partial charge in [-0.3, -0.25) is 4.79 Å². The second kappa shape index (κ2) is 7.00. The van der Waals surface area contributed by atoms with Crippen LogP contribution in [0.15, 0.2) is 64.6 Å². The zero-order valence-electron chi connectivity index (χ0n) is 13.8. The Morgan fingerprint density at radius 1 is 1.04 bits per heavy atom. The molecule has 6 heteroatoms. The van der Waals surface area contributed by atoms with Gasteiger partial charge in [0.15, 0.2) is 0 Å². The van der Waals surface area contributed by atoms with Gasteiger partial charge in [-0.25, -0.2) is 9.47 Å². The lowest BCUT2D eigenvalue weighted by atomic mass is 10.1. The van der Waals surface area contributed by atoms with Crippen molar-refractivity contribution in [1.82, 2.24) is 4.68 Å². The summed E-state index contributed by atoms with van der Waals surface area (Å²) < 4.78 is 11.0. The average Bonchev–Trinajstić information content (AvgIpc) is 2.67. The SMILES string of the molecule is COC(=O)c1cn(/N=C/c2ccc(OC)cc2)c(=O)c2ccccc12. The smallest absolute Gasteiger partial charge is 0.340 e. The lowest BCUT2D eigenvalue weighted by molar-refractivity contribution is 0.0602. The minimum absolute atomic E-state index is 0.282. The molecule has 1 aromatic heterocycles. The maximum Gasteiger partial charge on any atom is 0.340 e. The van der Waals surface area contributed by atoms with Crippen LogP contribution in [0.2, 0.25) is 0 Å². The molecule has 0 amide bonds. The van der Waals surface area contributed by atoms with E-state index in [0.29, 0.717) is 10.8 Å². The number of pyridine rings is 1. The molecule has 6 nitrogen and oxygen atoms in total. The van der Waals surface area contributed by atoms with Gasteiger partial charge in [0, 0.05) is 17.0 Å². The first kappa shape index (κ1) is 16.4. The molecule has 0 N–H and O–H groups in total. The molecule has 0 radical (unpaired) electrons. The topological polar surface area (TPSA) is 69.9 Å². The second-order valence-electron chi connectivity index (χ2n) is 5.25. The molecule has 2 aromatic carbocycles. The Balaban J connectivity index is 2.09. The molecule has 0 aliphatic carbocycles. The molecule has 0 bridgehead atoms. The quantitative estimate of drug-likeness (QED) is 0.542. The fourth-order valence-electron chi connectivity index (χ4n) is 2.46. The number of esters is 1. The number of fused-ring (bicyclic) bond motifs is 1. The highest BCUT2D eigenvalue weighted by molar-refractivity contribution is 6.03. The summed E-state index contributed by atoms with van der Waals surface area (Å²) in [5, 5.41) is 5.13. The Bertz CT molecular complexity index is 1000. The molecule has 3 aromatic rings. The van der Waals surface area contributed by atoms with Crippen LogP contribution in [0, 0.1) is 0 Å². The van der Waals surface area contributed by atoms with Gasteiger partial charge in [-0.1, -0.05) is 18.2 Å². The highest BCUT2D eigenvalue weighted by Crippen LogP contribution is 2.16. The molecule has 126 valence electrons. The van der Waals surface area contributed by atoms with Crippen LogP contribution in [0.1, 0.15) is 15.9 Å². The summed E-state index contributed by atoms with van der Waals surface area (Å²) in [6.07, 6.45) is 2.92. The third-order valence-corrected chi connectivity index (χ3v) is 3.76. The number of aromatic nitrogens is 1. The molecule has 0 fully saturated rings. The summed E-state index contributed by atoms with van der Waals surface area (Å²) in [7, 11) is 2.89. The number of methoxy groups -OCH3 is 2. The van der Waals surface area contributed by atoms with E-state index in [9.17, 15) is 9.59 Å². The largest absolute Gasteiger partial charge is 0.497 e. The highest BCUT2D eigenvalue weighted by Gasteiger charge is 2.14. The van der Waals surface area contributed by atoms with Crippen LogP contribution >= 0.6 is 0 Å². The summed E-state index contributed by atoms with van der Waals surface area (Å²) in [4.78, 5) is 24.6. The molecular formula is C19H16N2O4. The van der Waals surface area contributed by atoms with E-state index in [1.54, 1.807) is 43.5 Å². The van der Waals surface area contributed by atoms with Crippen LogP contribution < -0.4 is 10.3 Å². The van der Waals surface area contributed by atoms with Crippen molar-refractivity contribution in [2.45, 2.75) is 0 Å². The van der Waals surface area contributed by atoms with Gasteiger partial charge in [0.2, 0.25) is 0 Å². The molecule has 0 atom stereocenters. The zero-order valence-corrected chi connectivity index (χ0v) is 13.8. The van der Waals surface area contributed by atoms with E-state index < -0.39 is 5.97 Å². The first-order chi connectivity index (χ1) is 12.1. The van der Waals surface area contributed by atoms with Crippen molar-refractivity contribution >= 4 is 23.0 Å². The van der Waals surface area contributed by atoms with E-state index in [4.69, 9.17) is 9.47 Å². The number of hydrogen-bond acceptors (Lipinski definition) is 5. The minimum Gasteiger partial charge on any atom is -0.497 e. The van der Waals surface area contributed by atoms with Crippen molar-refractivity contribution in [3.05, 3.63) is 76.2 Å². The fourth-order valence-corrected chi connectivity index (χ4v) is 2.46. The molecule has 0 aliphatic rings. The summed E-state index contributed by atoms with van der Waals surface area (Å²) in [6.45, 7) is 0. The van der Waals surface area contributed by atoms with Crippen molar-refractivity contribution in [2.24, 2.45) is 5.10 Å². The molecule has 3 rings (SSSR count). The van der Waals surface area contributed by atoms with Crippen LogP contribution in [-0.2, 0) is 4.74 Å². The van der Waals surface area contributed by atoms with Crippen molar-refractivity contribution in [3.8, 4) is 5.75 Å². The van der Waals surface area contributed by atoms with Gasteiger partial charge in [0.05, 0.1) is 26.0 Å². The number of hydrogen-bond donors (Lipinski definition) is 0. The van der Waals surface area contributed by atoms with E-state index in [0.717, 1.165) is 16.0 Å². The summed E-state index contributed by atoms with van der Waals surface area (Å²) in [6, 6.07) is 14.1. The first-order valence-electron chi connectivity index (χ1n) is 7.55. The minimum atomic E-state index is -0.524. The van der Waals surface area contributed by atoms with Gasteiger partial charge in [0.25, 0.3) is 5.56 Å². The van der Waals surface area contributed by atoms with Gasteiger partial charge >= 0.3 is 5.97 Å². The number of nitrogens with zero attached hydrogens (tertiary/aromatic N) is 2. The predicted molar refractivity (Wildman–Crippen MR) is 95.5 cm³/mol. The Hall–Kier alpha value is -3.41. The second-order valence-corrected chi connectivity index (χ2v) is 5.25. The number of ether oxygens (including phenoxy) is 2. The monoisotopic (exact) mass is 336 g/mol. The standard InChI is InChI=1S/C19H16N2O4/c1-24-14-9-7-13(8-10-14)11-20-21-12-17(19(23)25-2)15-5-3-4-6-16(15)18(21)22/h3-12H,1-2H3/b20-11+. The van der Waals surface area contributed by atoms with Crippen LogP contribution in [-0.4, -0.2) is 31.1 Å². The van der Waals surface area contributed by atoms with Crippen LogP contribution in [0.3, 0.4) is 0 Å². The summed E-state index contributed by atoms with van der Waals surface area (Å²) in [5.74, 6) is 0.206. The highest BCUT2D eigenvalue weighted by atomic mass is 16.5. The predicted octanol–water partition coefficient (Wildman–Crippen LogP) is 2.68. The third-order valence-electron chi connectivity index (χ3n) is 3.76.